The van der Waals surface area contributed by atoms with Crippen molar-refractivity contribution in [2.75, 3.05) is 13.1 Å². The van der Waals surface area contributed by atoms with E-state index in [1.807, 2.05) is 26.2 Å². The van der Waals surface area contributed by atoms with Gasteiger partial charge in [-0.1, -0.05) is 0 Å². The van der Waals surface area contributed by atoms with E-state index in [0.717, 1.165) is 5.69 Å². The summed E-state index contributed by atoms with van der Waals surface area (Å²) in [5.41, 5.74) is 1.07. The Morgan fingerprint density at radius 2 is 2.09 bits per heavy atom. The van der Waals surface area contributed by atoms with E-state index in [1.54, 1.807) is 4.68 Å². The minimum atomic E-state index is 1.07. The molecule has 3 heteroatoms. The van der Waals surface area contributed by atoms with Crippen LogP contribution in [0, 0.1) is 6.92 Å². The minimum absolute atomic E-state index is 1.07. The number of hydrogen-bond acceptors (Lipinski definition) is 2. The number of nitrogens with zero attached hydrogens (tertiary/aromatic N) is 2. The van der Waals surface area contributed by atoms with Gasteiger partial charge >= 0.3 is 0 Å². The van der Waals surface area contributed by atoms with Crippen molar-refractivity contribution >= 4 is 0 Å². The third-order valence-electron chi connectivity index (χ3n) is 1.55. The zero-order chi connectivity index (χ0) is 8.10. The highest BCUT2D eigenvalue weighted by molar-refractivity contribution is 4.93. The number of aromatic nitrogens is 2. The summed E-state index contributed by atoms with van der Waals surface area (Å²) >= 11 is 0. The molecule has 3 nitrogen and oxygen atoms in total. The van der Waals surface area contributed by atoms with Crippen molar-refractivity contribution in [2.24, 2.45) is 7.05 Å². The largest absolute Gasteiger partial charge is 0.317 e. The van der Waals surface area contributed by atoms with Crippen LogP contribution in [-0.4, -0.2) is 22.9 Å². The van der Waals surface area contributed by atoms with E-state index < -0.39 is 0 Å². The van der Waals surface area contributed by atoms with Gasteiger partial charge in [-0.05, 0) is 32.5 Å². The molecule has 11 heavy (non-hydrogen) atoms. The Morgan fingerprint density at radius 3 is 2.18 bits per heavy atom. The van der Waals surface area contributed by atoms with Crippen LogP contribution in [0.2, 0.25) is 0 Å². The predicted molar refractivity (Wildman–Crippen MR) is 45.4 cm³/mol. The molecule has 1 aromatic rings. The first-order valence-electron chi connectivity index (χ1n) is 3.96. The van der Waals surface area contributed by atoms with Gasteiger partial charge in [0.25, 0.3) is 0 Å². The summed E-state index contributed by atoms with van der Waals surface area (Å²) in [6.07, 6.45) is 3.31. The molecule has 0 atom stereocenters. The second kappa shape index (κ2) is 4.13. The first-order valence-corrected chi connectivity index (χ1v) is 3.96. The van der Waals surface area contributed by atoms with Crippen LogP contribution < -0.4 is 5.32 Å². The lowest BCUT2D eigenvalue weighted by Gasteiger charge is -2.09. The second-order valence-corrected chi connectivity index (χ2v) is 2.73. The summed E-state index contributed by atoms with van der Waals surface area (Å²) in [4.78, 5) is 0. The van der Waals surface area contributed by atoms with Crippen molar-refractivity contribution in [3.63, 3.8) is 0 Å². The average molecular weight is 153 g/mol. The van der Waals surface area contributed by atoms with Crippen LogP contribution in [0.4, 0.5) is 0 Å². The van der Waals surface area contributed by atoms with Crippen molar-refractivity contribution < 1.29 is 0 Å². The van der Waals surface area contributed by atoms with Crippen LogP contribution in [0.1, 0.15) is 12.1 Å². The Hall–Kier alpha value is -0.830. The quantitative estimate of drug-likeness (QED) is 0.595. The fourth-order valence-corrected chi connectivity index (χ4v) is 0.708. The third kappa shape index (κ3) is 3.18. The van der Waals surface area contributed by atoms with E-state index in [0.29, 0.717) is 0 Å². The fourth-order valence-electron chi connectivity index (χ4n) is 0.708. The standard InChI is InChI=1S/C5H8N2.C3H7N/c1-5-3-4-7(2)6-5;1-2-4-3-1/h3-4H,1-2H3;4H,1-3H2. The van der Waals surface area contributed by atoms with E-state index in [2.05, 4.69) is 10.4 Å². The lowest BCUT2D eigenvalue weighted by atomic mass is 10.3. The van der Waals surface area contributed by atoms with Crippen LogP contribution in [0.5, 0.6) is 0 Å². The van der Waals surface area contributed by atoms with E-state index in [1.165, 1.54) is 19.5 Å². The maximum atomic E-state index is 4.03. The van der Waals surface area contributed by atoms with Crippen LogP contribution >= 0.6 is 0 Å². The molecule has 0 saturated carbocycles. The lowest BCUT2D eigenvalue weighted by molar-refractivity contribution is 0.527. The van der Waals surface area contributed by atoms with Gasteiger partial charge in [-0.15, -0.1) is 0 Å². The summed E-state index contributed by atoms with van der Waals surface area (Å²) < 4.78 is 1.79. The highest BCUT2D eigenvalue weighted by Gasteiger charge is 1.92. The molecule has 1 aliphatic rings. The second-order valence-electron chi connectivity index (χ2n) is 2.73. The molecule has 0 bridgehead atoms. The molecule has 62 valence electrons. The van der Waals surface area contributed by atoms with Gasteiger partial charge in [0.2, 0.25) is 0 Å². The Balaban J connectivity index is 0.000000128. The molecule has 2 heterocycles. The van der Waals surface area contributed by atoms with Crippen LogP contribution in [0.25, 0.3) is 0 Å². The van der Waals surface area contributed by atoms with Crippen molar-refractivity contribution in [3.8, 4) is 0 Å². The molecule has 0 aliphatic carbocycles. The molecule has 1 aliphatic heterocycles. The summed E-state index contributed by atoms with van der Waals surface area (Å²) in [5, 5.41) is 7.14. The first-order chi connectivity index (χ1) is 5.29. The Bertz CT molecular complexity index is 180. The smallest absolute Gasteiger partial charge is 0.0593 e. The van der Waals surface area contributed by atoms with E-state index in [9.17, 15) is 0 Å². The molecule has 0 aromatic carbocycles. The lowest BCUT2D eigenvalue weighted by Crippen LogP contribution is -2.29. The Morgan fingerprint density at radius 1 is 1.55 bits per heavy atom. The third-order valence-corrected chi connectivity index (χ3v) is 1.55. The number of nitrogens with one attached hydrogen (secondary N) is 1. The molecular weight excluding hydrogens is 138 g/mol. The maximum Gasteiger partial charge on any atom is 0.0593 e. The van der Waals surface area contributed by atoms with Gasteiger partial charge in [0.15, 0.2) is 0 Å². The fraction of sp³-hybridized carbons (Fsp3) is 0.625. The minimum Gasteiger partial charge on any atom is -0.317 e. The maximum absolute atomic E-state index is 4.03. The van der Waals surface area contributed by atoms with E-state index in [-0.39, 0.29) is 0 Å². The molecule has 0 radical (unpaired) electrons. The van der Waals surface area contributed by atoms with Crippen LogP contribution in [0.3, 0.4) is 0 Å². The zero-order valence-corrected chi connectivity index (χ0v) is 7.17. The molecule has 2 rings (SSSR count). The van der Waals surface area contributed by atoms with Gasteiger partial charge in [-0.2, -0.15) is 5.10 Å². The van der Waals surface area contributed by atoms with Crippen LogP contribution in [-0.2, 0) is 7.05 Å². The van der Waals surface area contributed by atoms with Crippen molar-refractivity contribution in [3.05, 3.63) is 18.0 Å². The van der Waals surface area contributed by atoms with Gasteiger partial charge in [0.05, 0.1) is 5.69 Å². The summed E-state index contributed by atoms with van der Waals surface area (Å²) in [6, 6.07) is 1.97. The van der Waals surface area contributed by atoms with Gasteiger partial charge in [0, 0.05) is 13.2 Å². The molecule has 1 aromatic heterocycles. The van der Waals surface area contributed by atoms with Gasteiger partial charge in [0.1, 0.15) is 0 Å². The van der Waals surface area contributed by atoms with E-state index in [4.69, 9.17) is 0 Å². The number of rotatable bonds is 0. The van der Waals surface area contributed by atoms with Gasteiger partial charge < -0.3 is 5.32 Å². The molecule has 1 N–H and O–H groups in total. The van der Waals surface area contributed by atoms with Gasteiger partial charge in [-0.25, -0.2) is 0 Å². The summed E-state index contributed by atoms with van der Waals surface area (Å²) in [7, 11) is 1.91. The van der Waals surface area contributed by atoms with Crippen molar-refractivity contribution in [1.82, 2.24) is 15.1 Å². The summed E-state index contributed by atoms with van der Waals surface area (Å²) in [5.74, 6) is 0. The topological polar surface area (TPSA) is 29.9 Å². The van der Waals surface area contributed by atoms with Crippen LogP contribution in [0.15, 0.2) is 12.3 Å². The summed E-state index contributed by atoms with van der Waals surface area (Å²) in [6.45, 7) is 4.47. The highest BCUT2D eigenvalue weighted by Crippen LogP contribution is 1.86. The average Bonchev–Trinajstić information content (AvgIpc) is 2.09. The predicted octanol–water partition coefficient (Wildman–Crippen LogP) is 0.708. The molecular formula is C8H15N3. The SMILES string of the molecule is C1CNC1.Cc1ccn(C)n1. The number of hydrogen-bond donors (Lipinski definition) is 1. The zero-order valence-electron chi connectivity index (χ0n) is 7.17. The number of aryl methyl sites for hydroxylation is 2. The van der Waals surface area contributed by atoms with E-state index >= 15 is 0 Å². The molecule has 1 saturated heterocycles. The molecule has 0 spiro atoms. The van der Waals surface area contributed by atoms with Crippen molar-refractivity contribution in [1.29, 1.82) is 0 Å². The molecule has 0 unspecified atom stereocenters. The molecule has 0 amide bonds. The highest BCUT2D eigenvalue weighted by atomic mass is 15.2. The van der Waals surface area contributed by atoms with Crippen molar-refractivity contribution in [2.45, 2.75) is 13.3 Å². The Labute approximate surface area is 67.4 Å². The monoisotopic (exact) mass is 153 g/mol. The normalized spacial score (nSPS) is 14.7. The molecule has 1 fully saturated rings. The van der Waals surface area contributed by atoms with Gasteiger partial charge in [-0.3, -0.25) is 4.68 Å². The Kier molecular flexibility index (Phi) is 3.11. The first kappa shape index (κ1) is 8.27.